The van der Waals surface area contributed by atoms with E-state index in [4.69, 9.17) is 18.9 Å². The standard InChI is InChI=1S/C29H33BrN2O5/c1-3-35-27-17-22(16-25(30)28(27)37-20-21-8-6-5-7-9-21)19-31-23-10-11-26(32-12-14-34-15-13-32)24(18-23)29(33)36-4-2/h5-11,16-18,31H,3-4,12-15,19-20H2,1-2H3. The molecule has 37 heavy (non-hydrogen) atoms. The summed E-state index contributed by atoms with van der Waals surface area (Å²) in [6, 6.07) is 19.9. The van der Waals surface area contributed by atoms with Crippen LogP contribution in [0, 0.1) is 0 Å². The number of anilines is 2. The maximum atomic E-state index is 12.8. The molecule has 0 aromatic heterocycles. The van der Waals surface area contributed by atoms with E-state index in [9.17, 15) is 4.79 Å². The summed E-state index contributed by atoms with van der Waals surface area (Å²) in [4.78, 5) is 14.9. The molecule has 0 amide bonds. The molecule has 0 atom stereocenters. The molecule has 0 saturated carbocycles. The first-order chi connectivity index (χ1) is 18.1. The summed E-state index contributed by atoms with van der Waals surface area (Å²) in [5.41, 5.74) is 4.35. The van der Waals surface area contributed by atoms with E-state index in [-0.39, 0.29) is 5.97 Å². The number of ether oxygens (including phenoxy) is 4. The number of halogens is 1. The minimum Gasteiger partial charge on any atom is -0.490 e. The van der Waals surface area contributed by atoms with Gasteiger partial charge in [0, 0.05) is 25.3 Å². The molecule has 1 saturated heterocycles. The van der Waals surface area contributed by atoms with Gasteiger partial charge in [-0.2, -0.15) is 0 Å². The normalized spacial score (nSPS) is 13.2. The number of hydrogen-bond donors (Lipinski definition) is 1. The summed E-state index contributed by atoms with van der Waals surface area (Å²) >= 11 is 3.66. The Morgan fingerprint density at radius 3 is 2.49 bits per heavy atom. The lowest BCUT2D eigenvalue weighted by Gasteiger charge is -2.30. The van der Waals surface area contributed by atoms with Crippen LogP contribution in [-0.4, -0.2) is 45.5 Å². The Morgan fingerprint density at radius 1 is 0.973 bits per heavy atom. The molecule has 1 aliphatic heterocycles. The molecule has 3 aromatic rings. The highest BCUT2D eigenvalue weighted by Gasteiger charge is 2.20. The number of rotatable bonds is 11. The zero-order valence-corrected chi connectivity index (χ0v) is 22.9. The molecule has 4 rings (SSSR count). The fourth-order valence-electron chi connectivity index (χ4n) is 4.16. The minimum atomic E-state index is -0.325. The van der Waals surface area contributed by atoms with Crippen LogP contribution in [-0.2, 0) is 22.6 Å². The van der Waals surface area contributed by atoms with Gasteiger partial charge in [-0.05, 0) is 71.2 Å². The summed E-state index contributed by atoms with van der Waals surface area (Å²) < 4.78 is 23.6. The second kappa shape index (κ2) is 13.4. The first kappa shape index (κ1) is 26.8. The number of nitrogens with one attached hydrogen (secondary N) is 1. The molecule has 196 valence electrons. The SMILES string of the molecule is CCOC(=O)c1cc(NCc2cc(Br)c(OCc3ccccc3)c(OCC)c2)ccc1N1CCOCC1. The molecule has 0 unspecified atom stereocenters. The molecule has 0 radical (unpaired) electrons. The van der Waals surface area contributed by atoms with Crippen molar-refractivity contribution in [1.82, 2.24) is 0 Å². The molecule has 1 fully saturated rings. The lowest BCUT2D eigenvalue weighted by molar-refractivity contribution is 0.0526. The Labute approximate surface area is 226 Å². The van der Waals surface area contributed by atoms with Crippen LogP contribution < -0.4 is 19.7 Å². The molecule has 0 bridgehead atoms. The fourth-order valence-corrected chi connectivity index (χ4v) is 4.76. The summed E-state index contributed by atoms with van der Waals surface area (Å²) in [6.45, 7) is 8.37. The quantitative estimate of drug-likeness (QED) is 0.282. The summed E-state index contributed by atoms with van der Waals surface area (Å²) in [7, 11) is 0. The van der Waals surface area contributed by atoms with Gasteiger partial charge in [0.25, 0.3) is 0 Å². The summed E-state index contributed by atoms with van der Waals surface area (Å²) in [5, 5.41) is 3.43. The van der Waals surface area contributed by atoms with E-state index in [1.807, 2.05) is 74.5 Å². The predicted octanol–water partition coefficient (Wildman–Crippen LogP) is 6.05. The van der Waals surface area contributed by atoms with Gasteiger partial charge in [-0.3, -0.25) is 0 Å². The maximum Gasteiger partial charge on any atom is 0.340 e. The Morgan fingerprint density at radius 2 is 1.76 bits per heavy atom. The smallest absolute Gasteiger partial charge is 0.340 e. The Balaban J connectivity index is 1.50. The first-order valence-electron chi connectivity index (χ1n) is 12.6. The van der Waals surface area contributed by atoms with E-state index in [1.54, 1.807) is 0 Å². The highest BCUT2D eigenvalue weighted by Crippen LogP contribution is 2.38. The van der Waals surface area contributed by atoms with Crippen molar-refractivity contribution in [2.75, 3.05) is 49.7 Å². The van der Waals surface area contributed by atoms with Gasteiger partial charge in [0.1, 0.15) is 6.61 Å². The molecule has 1 N–H and O–H groups in total. The van der Waals surface area contributed by atoms with Crippen molar-refractivity contribution in [3.8, 4) is 11.5 Å². The molecule has 1 aliphatic rings. The van der Waals surface area contributed by atoms with E-state index < -0.39 is 0 Å². The van der Waals surface area contributed by atoms with Crippen molar-refractivity contribution in [2.45, 2.75) is 27.0 Å². The van der Waals surface area contributed by atoms with E-state index in [1.165, 1.54) is 0 Å². The highest BCUT2D eigenvalue weighted by atomic mass is 79.9. The third-order valence-electron chi connectivity index (χ3n) is 5.94. The number of carbonyl (C=O) groups excluding carboxylic acids is 1. The third kappa shape index (κ3) is 7.17. The van der Waals surface area contributed by atoms with Gasteiger partial charge in [0.05, 0.1) is 42.2 Å². The van der Waals surface area contributed by atoms with Gasteiger partial charge in [0.15, 0.2) is 11.5 Å². The minimum absolute atomic E-state index is 0.325. The monoisotopic (exact) mass is 568 g/mol. The van der Waals surface area contributed by atoms with Crippen molar-refractivity contribution >= 4 is 33.3 Å². The summed E-state index contributed by atoms with van der Waals surface area (Å²) in [5.74, 6) is 1.03. The van der Waals surface area contributed by atoms with Crippen molar-refractivity contribution in [3.05, 3.63) is 81.8 Å². The van der Waals surface area contributed by atoms with Gasteiger partial charge in [-0.25, -0.2) is 4.79 Å². The molecule has 0 spiro atoms. The Bertz CT molecular complexity index is 1180. The van der Waals surface area contributed by atoms with Gasteiger partial charge >= 0.3 is 5.97 Å². The first-order valence-corrected chi connectivity index (χ1v) is 13.4. The van der Waals surface area contributed by atoms with Gasteiger partial charge in [-0.15, -0.1) is 0 Å². The van der Waals surface area contributed by atoms with Crippen LogP contribution >= 0.6 is 15.9 Å². The Hall–Kier alpha value is -3.23. The predicted molar refractivity (Wildman–Crippen MR) is 149 cm³/mol. The molecular formula is C29H33BrN2O5. The van der Waals surface area contributed by atoms with E-state index in [0.29, 0.717) is 56.6 Å². The Kier molecular flexibility index (Phi) is 9.68. The number of esters is 1. The number of carbonyl (C=O) groups is 1. The second-order valence-electron chi connectivity index (χ2n) is 8.52. The van der Waals surface area contributed by atoms with E-state index in [2.05, 4.69) is 26.1 Å². The largest absolute Gasteiger partial charge is 0.490 e. The summed E-state index contributed by atoms with van der Waals surface area (Å²) in [6.07, 6.45) is 0. The van der Waals surface area contributed by atoms with Crippen LogP contribution in [0.5, 0.6) is 11.5 Å². The zero-order chi connectivity index (χ0) is 26.0. The number of nitrogens with zero attached hydrogens (tertiary/aromatic N) is 1. The van der Waals surface area contributed by atoms with Crippen molar-refractivity contribution in [3.63, 3.8) is 0 Å². The second-order valence-corrected chi connectivity index (χ2v) is 9.37. The maximum absolute atomic E-state index is 12.8. The average Bonchev–Trinajstić information content (AvgIpc) is 2.92. The number of morpholine rings is 1. The van der Waals surface area contributed by atoms with Crippen LogP contribution in [0.1, 0.15) is 35.3 Å². The van der Waals surface area contributed by atoms with Gasteiger partial charge < -0.3 is 29.2 Å². The van der Waals surface area contributed by atoms with Crippen LogP contribution in [0.15, 0.2) is 65.1 Å². The lowest BCUT2D eigenvalue weighted by Crippen LogP contribution is -2.37. The van der Waals surface area contributed by atoms with Crippen LogP contribution in [0.25, 0.3) is 0 Å². The molecule has 0 aliphatic carbocycles. The van der Waals surface area contributed by atoms with Crippen molar-refractivity contribution in [1.29, 1.82) is 0 Å². The van der Waals surface area contributed by atoms with Crippen LogP contribution in [0.2, 0.25) is 0 Å². The lowest BCUT2D eigenvalue weighted by atomic mass is 10.1. The van der Waals surface area contributed by atoms with Crippen LogP contribution in [0.3, 0.4) is 0 Å². The van der Waals surface area contributed by atoms with Crippen LogP contribution in [0.4, 0.5) is 11.4 Å². The van der Waals surface area contributed by atoms with Gasteiger partial charge in [-0.1, -0.05) is 30.3 Å². The van der Waals surface area contributed by atoms with E-state index in [0.717, 1.165) is 40.1 Å². The van der Waals surface area contributed by atoms with Crippen molar-refractivity contribution < 1.29 is 23.7 Å². The molecular weight excluding hydrogens is 536 g/mol. The highest BCUT2D eigenvalue weighted by molar-refractivity contribution is 9.10. The van der Waals surface area contributed by atoms with Crippen molar-refractivity contribution in [2.24, 2.45) is 0 Å². The third-order valence-corrected chi connectivity index (χ3v) is 6.52. The number of hydrogen-bond acceptors (Lipinski definition) is 7. The van der Waals surface area contributed by atoms with Gasteiger partial charge in [0.2, 0.25) is 0 Å². The number of benzene rings is 3. The average molecular weight is 569 g/mol. The molecule has 1 heterocycles. The fraction of sp³-hybridized carbons (Fsp3) is 0.345. The van der Waals surface area contributed by atoms with E-state index >= 15 is 0 Å². The molecule has 7 nitrogen and oxygen atoms in total. The zero-order valence-electron chi connectivity index (χ0n) is 21.3. The molecule has 3 aromatic carbocycles. The molecule has 8 heteroatoms. The topological polar surface area (TPSA) is 69.3 Å².